The second-order valence-electron chi connectivity index (χ2n) is 8.52. The number of Topliss-reactive ketones (excluding diaryl/α,β-unsaturated/α-hetero) is 2. The highest BCUT2D eigenvalue weighted by Crippen LogP contribution is 2.42. The zero-order chi connectivity index (χ0) is 23.7. The van der Waals surface area contributed by atoms with Crippen LogP contribution in [0.5, 0.6) is 0 Å². The summed E-state index contributed by atoms with van der Waals surface area (Å²) >= 11 is 0. The highest BCUT2D eigenvalue weighted by atomic mass is 16.5. The number of methoxy groups -OCH3 is 1. The van der Waals surface area contributed by atoms with E-state index >= 15 is 0 Å². The van der Waals surface area contributed by atoms with Crippen molar-refractivity contribution in [2.45, 2.75) is 33.4 Å². The number of aryl methyl sites for hydroxylation is 1. The van der Waals surface area contributed by atoms with E-state index in [1.165, 1.54) is 4.90 Å². The van der Waals surface area contributed by atoms with Crippen molar-refractivity contribution in [3.63, 3.8) is 0 Å². The van der Waals surface area contributed by atoms with Gasteiger partial charge in [-0.2, -0.15) is 0 Å². The van der Waals surface area contributed by atoms with Gasteiger partial charge in [-0.25, -0.2) is 0 Å². The Morgan fingerprint density at radius 3 is 2.42 bits per heavy atom. The summed E-state index contributed by atoms with van der Waals surface area (Å²) < 4.78 is 10.5. The molecule has 2 heterocycles. The number of aromatic nitrogens is 1. The lowest BCUT2D eigenvalue weighted by atomic mass is 9.83. The molecule has 1 saturated heterocycles. The molecule has 1 aliphatic rings. The number of ether oxygens (including phenoxy) is 1. The summed E-state index contributed by atoms with van der Waals surface area (Å²) in [6, 6.07) is 15.7. The molecule has 4 rings (SSSR count). The summed E-state index contributed by atoms with van der Waals surface area (Å²) in [5.74, 6) is -2.38. The van der Waals surface area contributed by atoms with Gasteiger partial charge in [0.25, 0.3) is 5.91 Å². The van der Waals surface area contributed by atoms with Crippen LogP contribution < -0.4 is 4.90 Å². The van der Waals surface area contributed by atoms with Gasteiger partial charge in [0.05, 0.1) is 12.6 Å². The fourth-order valence-corrected chi connectivity index (χ4v) is 4.32. The fourth-order valence-electron chi connectivity index (χ4n) is 4.32. The Hall–Kier alpha value is -3.58. The minimum Gasteiger partial charge on any atom is -0.380 e. The van der Waals surface area contributed by atoms with E-state index in [0.717, 1.165) is 16.7 Å². The largest absolute Gasteiger partial charge is 0.380 e. The molecule has 1 amide bonds. The fraction of sp³-hybridized carbons (Fsp3) is 0.308. The zero-order valence-corrected chi connectivity index (χ0v) is 19.1. The van der Waals surface area contributed by atoms with Gasteiger partial charge in [-0.3, -0.25) is 19.3 Å². The third-order valence-corrected chi connectivity index (χ3v) is 5.92. The summed E-state index contributed by atoms with van der Waals surface area (Å²) in [5, 5.41) is 4.02. The van der Waals surface area contributed by atoms with Crippen molar-refractivity contribution in [1.82, 2.24) is 5.16 Å². The van der Waals surface area contributed by atoms with Crippen molar-refractivity contribution >= 4 is 23.2 Å². The number of rotatable bonds is 7. The summed E-state index contributed by atoms with van der Waals surface area (Å²) in [5.41, 5.74) is 3.59. The molecule has 0 N–H and O–H groups in total. The molecule has 3 aromatic rings. The second kappa shape index (κ2) is 9.11. The number of anilines is 1. The molecular weight excluding hydrogens is 420 g/mol. The topological polar surface area (TPSA) is 89.7 Å². The van der Waals surface area contributed by atoms with E-state index in [2.05, 4.69) is 5.16 Å². The Kier molecular flexibility index (Phi) is 6.24. The molecule has 0 spiro atoms. The molecule has 0 bridgehead atoms. The maximum Gasteiger partial charge on any atom is 0.295 e. The number of nitrogens with zero attached hydrogens (tertiary/aromatic N) is 2. The van der Waals surface area contributed by atoms with Crippen LogP contribution in [0.1, 0.15) is 36.8 Å². The summed E-state index contributed by atoms with van der Waals surface area (Å²) in [6.07, 6.45) is 0. The molecule has 1 aliphatic heterocycles. The standard InChI is InChI=1S/C26H26N2O5/c1-15(2)24(29)22-23(20-8-6-5-7-18(20)14-32-4)28(26(31)25(22)30)19-11-9-17(10-12-19)21-13-16(3)33-27-21/h5-13,15,22-23H,14H2,1-4H3. The van der Waals surface area contributed by atoms with E-state index in [1.54, 1.807) is 33.1 Å². The smallest absolute Gasteiger partial charge is 0.295 e. The normalized spacial score (nSPS) is 18.4. The van der Waals surface area contributed by atoms with E-state index in [1.807, 2.05) is 49.4 Å². The molecular formula is C26H26N2O5. The molecule has 1 aromatic heterocycles. The number of benzene rings is 2. The third-order valence-electron chi connectivity index (χ3n) is 5.92. The molecule has 0 radical (unpaired) electrons. The minimum atomic E-state index is -1.08. The first-order valence-electron chi connectivity index (χ1n) is 10.8. The van der Waals surface area contributed by atoms with Gasteiger partial charge in [-0.05, 0) is 30.2 Å². The second-order valence-corrected chi connectivity index (χ2v) is 8.52. The van der Waals surface area contributed by atoms with Crippen molar-refractivity contribution in [3.05, 3.63) is 71.5 Å². The van der Waals surface area contributed by atoms with E-state index in [4.69, 9.17) is 9.26 Å². The van der Waals surface area contributed by atoms with Gasteiger partial charge in [-0.1, -0.05) is 55.4 Å². The maximum absolute atomic E-state index is 13.2. The van der Waals surface area contributed by atoms with Crippen LogP contribution in [0.3, 0.4) is 0 Å². The Morgan fingerprint density at radius 1 is 1.12 bits per heavy atom. The minimum absolute atomic E-state index is 0.247. The van der Waals surface area contributed by atoms with Crippen LogP contribution in [-0.4, -0.2) is 29.7 Å². The van der Waals surface area contributed by atoms with Gasteiger partial charge < -0.3 is 9.26 Å². The van der Waals surface area contributed by atoms with Gasteiger partial charge in [0, 0.05) is 30.3 Å². The first kappa shape index (κ1) is 22.6. The lowest BCUT2D eigenvalue weighted by molar-refractivity contribution is -0.139. The maximum atomic E-state index is 13.2. The van der Waals surface area contributed by atoms with Crippen molar-refractivity contribution in [2.24, 2.45) is 11.8 Å². The number of amides is 1. The third kappa shape index (κ3) is 4.12. The highest BCUT2D eigenvalue weighted by Gasteiger charge is 2.52. The Bertz CT molecular complexity index is 1200. The Labute approximate surface area is 192 Å². The average Bonchev–Trinajstić information content (AvgIpc) is 3.35. The Balaban J connectivity index is 1.82. The molecule has 2 atom stereocenters. The van der Waals surface area contributed by atoms with Gasteiger partial charge in [-0.15, -0.1) is 0 Å². The molecule has 1 fully saturated rings. The van der Waals surface area contributed by atoms with Crippen LogP contribution in [0.25, 0.3) is 11.3 Å². The molecule has 170 valence electrons. The van der Waals surface area contributed by atoms with Gasteiger partial charge in [0.2, 0.25) is 5.78 Å². The summed E-state index contributed by atoms with van der Waals surface area (Å²) in [7, 11) is 1.58. The Morgan fingerprint density at radius 2 is 1.82 bits per heavy atom. The van der Waals surface area contributed by atoms with Gasteiger partial charge in [0.15, 0.2) is 0 Å². The number of hydrogen-bond donors (Lipinski definition) is 0. The van der Waals surface area contributed by atoms with E-state index in [9.17, 15) is 14.4 Å². The lowest BCUT2D eigenvalue weighted by Gasteiger charge is -2.29. The van der Waals surface area contributed by atoms with Crippen molar-refractivity contribution in [3.8, 4) is 11.3 Å². The molecule has 0 saturated carbocycles. The quantitative estimate of drug-likeness (QED) is 0.397. The van der Waals surface area contributed by atoms with Crippen molar-refractivity contribution in [1.29, 1.82) is 0 Å². The number of hydrogen-bond acceptors (Lipinski definition) is 6. The highest BCUT2D eigenvalue weighted by molar-refractivity contribution is 6.48. The SMILES string of the molecule is COCc1ccccc1C1C(C(=O)C(C)C)C(=O)C(=O)N1c1ccc(-c2cc(C)on2)cc1. The van der Waals surface area contributed by atoms with E-state index in [0.29, 0.717) is 23.7 Å². The lowest BCUT2D eigenvalue weighted by Crippen LogP contribution is -2.32. The van der Waals surface area contributed by atoms with Crippen LogP contribution in [0.15, 0.2) is 59.1 Å². The molecule has 7 nitrogen and oxygen atoms in total. The summed E-state index contributed by atoms with van der Waals surface area (Å²) in [6.45, 7) is 5.61. The van der Waals surface area contributed by atoms with Gasteiger partial charge in [0.1, 0.15) is 23.2 Å². The van der Waals surface area contributed by atoms with Crippen LogP contribution in [0, 0.1) is 18.8 Å². The zero-order valence-electron chi connectivity index (χ0n) is 19.1. The van der Waals surface area contributed by atoms with Crippen molar-refractivity contribution < 1.29 is 23.6 Å². The predicted octanol–water partition coefficient (Wildman–Crippen LogP) is 4.29. The van der Waals surface area contributed by atoms with E-state index < -0.39 is 23.7 Å². The predicted molar refractivity (Wildman–Crippen MR) is 122 cm³/mol. The molecule has 2 unspecified atom stereocenters. The number of carbonyl (C=O) groups excluding carboxylic acids is 3. The first-order valence-corrected chi connectivity index (χ1v) is 10.8. The number of carbonyl (C=O) groups is 3. The van der Waals surface area contributed by atoms with Crippen LogP contribution in [0.2, 0.25) is 0 Å². The van der Waals surface area contributed by atoms with E-state index in [-0.39, 0.29) is 11.7 Å². The molecule has 33 heavy (non-hydrogen) atoms. The van der Waals surface area contributed by atoms with Crippen LogP contribution >= 0.6 is 0 Å². The molecule has 7 heteroatoms. The monoisotopic (exact) mass is 446 g/mol. The summed E-state index contributed by atoms with van der Waals surface area (Å²) in [4.78, 5) is 40.9. The number of ketones is 2. The first-order chi connectivity index (χ1) is 15.8. The van der Waals surface area contributed by atoms with Gasteiger partial charge >= 0.3 is 0 Å². The molecule has 2 aromatic carbocycles. The van der Waals surface area contributed by atoms with Crippen molar-refractivity contribution in [2.75, 3.05) is 12.0 Å². The van der Waals surface area contributed by atoms with Crippen LogP contribution in [-0.2, 0) is 25.7 Å². The average molecular weight is 447 g/mol. The van der Waals surface area contributed by atoms with Crippen LogP contribution in [0.4, 0.5) is 5.69 Å². The molecule has 0 aliphatic carbocycles.